The average Bonchev–Trinajstić information content (AvgIpc) is 3.33. The SMILES string of the molecule is S=C(NN=Cc1ccc(N2CCCC2)cc1)NC1CC2C=CC1C2. The molecule has 1 saturated carbocycles. The lowest BCUT2D eigenvalue weighted by Gasteiger charge is -2.20. The lowest BCUT2D eigenvalue weighted by Crippen LogP contribution is -2.42. The average molecular weight is 340 g/mol. The fraction of sp³-hybridized carbons (Fsp3) is 0.474. The molecule has 2 N–H and O–H groups in total. The van der Waals surface area contributed by atoms with Gasteiger partial charge in [0.1, 0.15) is 0 Å². The molecule has 5 heteroatoms. The summed E-state index contributed by atoms with van der Waals surface area (Å²) in [5.74, 6) is 1.38. The molecule has 126 valence electrons. The van der Waals surface area contributed by atoms with Gasteiger partial charge in [0.15, 0.2) is 5.11 Å². The van der Waals surface area contributed by atoms with Crippen molar-refractivity contribution in [3.05, 3.63) is 42.0 Å². The topological polar surface area (TPSA) is 39.7 Å². The van der Waals surface area contributed by atoms with E-state index in [2.05, 4.69) is 57.2 Å². The first-order valence-electron chi connectivity index (χ1n) is 8.91. The lowest BCUT2D eigenvalue weighted by atomic mass is 10.0. The standard InChI is InChI=1S/C19H24N4S/c24-19(21-18-12-15-3-6-16(18)11-15)22-20-13-14-4-7-17(8-5-14)23-9-1-2-10-23/h3-8,13,15-16,18H,1-2,9-12H2,(H2,21,22,24). The van der Waals surface area contributed by atoms with E-state index in [1.807, 2.05) is 6.21 Å². The number of rotatable bonds is 4. The van der Waals surface area contributed by atoms with Gasteiger partial charge in [-0.15, -0.1) is 0 Å². The molecule has 4 rings (SSSR count). The fourth-order valence-corrected chi connectivity index (χ4v) is 4.26. The number of nitrogens with zero attached hydrogens (tertiary/aromatic N) is 2. The van der Waals surface area contributed by atoms with E-state index < -0.39 is 0 Å². The Bertz CT molecular complexity index is 646. The van der Waals surface area contributed by atoms with E-state index in [0.717, 1.165) is 11.5 Å². The van der Waals surface area contributed by atoms with E-state index in [0.29, 0.717) is 17.1 Å². The smallest absolute Gasteiger partial charge is 0.187 e. The number of benzene rings is 1. The van der Waals surface area contributed by atoms with Gasteiger partial charge in [0.2, 0.25) is 0 Å². The van der Waals surface area contributed by atoms with Gasteiger partial charge in [0.05, 0.1) is 6.21 Å². The second-order valence-electron chi connectivity index (χ2n) is 7.02. The van der Waals surface area contributed by atoms with Gasteiger partial charge in [0, 0.05) is 24.8 Å². The maximum Gasteiger partial charge on any atom is 0.187 e. The van der Waals surface area contributed by atoms with Crippen molar-refractivity contribution in [3.8, 4) is 0 Å². The molecule has 0 spiro atoms. The maximum atomic E-state index is 5.35. The summed E-state index contributed by atoms with van der Waals surface area (Å²) in [7, 11) is 0. The van der Waals surface area contributed by atoms with E-state index in [1.54, 1.807) is 0 Å². The Labute approximate surface area is 149 Å². The molecular weight excluding hydrogens is 316 g/mol. The van der Waals surface area contributed by atoms with Crippen LogP contribution in [0.5, 0.6) is 0 Å². The first kappa shape index (κ1) is 15.6. The summed E-state index contributed by atoms with van der Waals surface area (Å²) in [4.78, 5) is 2.43. The summed E-state index contributed by atoms with van der Waals surface area (Å²) in [6.07, 6.45) is 11.5. The van der Waals surface area contributed by atoms with Gasteiger partial charge in [0.25, 0.3) is 0 Å². The summed E-state index contributed by atoms with van der Waals surface area (Å²) >= 11 is 5.35. The van der Waals surface area contributed by atoms with Gasteiger partial charge in [-0.05, 0) is 67.4 Å². The van der Waals surface area contributed by atoms with Gasteiger partial charge >= 0.3 is 0 Å². The number of thiocarbonyl (C=S) groups is 1. The molecule has 4 nitrogen and oxygen atoms in total. The van der Waals surface area contributed by atoms with Crippen LogP contribution < -0.4 is 15.6 Å². The zero-order valence-electron chi connectivity index (χ0n) is 13.8. The van der Waals surface area contributed by atoms with E-state index in [-0.39, 0.29) is 0 Å². The highest BCUT2D eigenvalue weighted by atomic mass is 32.1. The Hall–Kier alpha value is -1.88. The second-order valence-corrected chi connectivity index (χ2v) is 7.42. The molecule has 3 atom stereocenters. The molecule has 0 aromatic heterocycles. The van der Waals surface area contributed by atoms with Crippen LogP contribution in [0.25, 0.3) is 0 Å². The molecule has 0 amide bonds. The van der Waals surface area contributed by atoms with Gasteiger partial charge in [-0.25, -0.2) is 0 Å². The quantitative estimate of drug-likeness (QED) is 0.382. The third kappa shape index (κ3) is 3.46. The molecule has 2 fully saturated rings. The second kappa shape index (κ2) is 6.93. The largest absolute Gasteiger partial charge is 0.372 e. The molecule has 3 aliphatic rings. The van der Waals surface area contributed by atoms with E-state index in [9.17, 15) is 0 Å². The van der Waals surface area contributed by atoms with Crippen molar-refractivity contribution in [2.45, 2.75) is 31.7 Å². The third-order valence-corrected chi connectivity index (χ3v) is 5.55. The van der Waals surface area contributed by atoms with Crippen LogP contribution in [0, 0.1) is 11.8 Å². The molecule has 1 saturated heterocycles. The van der Waals surface area contributed by atoms with Crippen LogP contribution in [-0.4, -0.2) is 30.5 Å². The van der Waals surface area contributed by atoms with Gasteiger partial charge in [-0.1, -0.05) is 24.3 Å². The molecule has 1 heterocycles. The molecule has 24 heavy (non-hydrogen) atoms. The van der Waals surface area contributed by atoms with Crippen LogP contribution >= 0.6 is 12.2 Å². The van der Waals surface area contributed by atoms with E-state index in [4.69, 9.17) is 12.2 Å². The van der Waals surface area contributed by atoms with Crippen molar-refractivity contribution < 1.29 is 0 Å². The first-order chi connectivity index (χ1) is 11.8. The Morgan fingerprint density at radius 2 is 1.92 bits per heavy atom. The van der Waals surface area contributed by atoms with Gasteiger partial charge in [-0.3, -0.25) is 5.43 Å². The van der Waals surface area contributed by atoms with E-state index >= 15 is 0 Å². The molecule has 1 aromatic rings. The Morgan fingerprint density at radius 3 is 2.58 bits per heavy atom. The van der Waals surface area contributed by atoms with Crippen molar-refractivity contribution in [1.29, 1.82) is 0 Å². The minimum absolute atomic E-state index is 0.468. The number of anilines is 1. The highest BCUT2D eigenvalue weighted by molar-refractivity contribution is 7.80. The molecule has 1 aliphatic heterocycles. The van der Waals surface area contributed by atoms with Crippen molar-refractivity contribution >= 4 is 29.2 Å². The van der Waals surface area contributed by atoms with Crippen LogP contribution in [0.1, 0.15) is 31.2 Å². The Balaban J connectivity index is 1.26. The fourth-order valence-electron chi connectivity index (χ4n) is 4.06. The minimum atomic E-state index is 0.468. The van der Waals surface area contributed by atoms with Crippen molar-refractivity contribution in [3.63, 3.8) is 0 Å². The van der Waals surface area contributed by atoms with Gasteiger partial charge < -0.3 is 10.2 Å². The summed E-state index contributed by atoms with van der Waals surface area (Å²) in [6.45, 7) is 2.35. The zero-order valence-corrected chi connectivity index (χ0v) is 14.6. The monoisotopic (exact) mass is 340 g/mol. The van der Waals surface area contributed by atoms with E-state index in [1.165, 1.54) is 44.5 Å². The first-order valence-corrected chi connectivity index (χ1v) is 9.32. The number of fused-ring (bicyclic) bond motifs is 2. The number of hydrazone groups is 1. The Kier molecular flexibility index (Phi) is 4.52. The Morgan fingerprint density at radius 1 is 1.12 bits per heavy atom. The van der Waals surface area contributed by atoms with Crippen LogP contribution in [-0.2, 0) is 0 Å². The summed E-state index contributed by atoms with van der Waals surface area (Å²) in [6, 6.07) is 9.02. The minimum Gasteiger partial charge on any atom is -0.372 e. The normalized spacial score (nSPS) is 28.0. The summed E-state index contributed by atoms with van der Waals surface area (Å²) in [5, 5.41) is 8.27. The summed E-state index contributed by atoms with van der Waals surface area (Å²) < 4.78 is 0. The molecule has 2 bridgehead atoms. The zero-order chi connectivity index (χ0) is 16.4. The third-order valence-electron chi connectivity index (χ3n) is 5.34. The maximum absolute atomic E-state index is 5.35. The van der Waals surface area contributed by atoms with Crippen LogP contribution in [0.4, 0.5) is 5.69 Å². The number of allylic oxidation sites excluding steroid dienone is 1. The van der Waals surface area contributed by atoms with Crippen LogP contribution in [0.2, 0.25) is 0 Å². The molecule has 0 radical (unpaired) electrons. The summed E-state index contributed by atoms with van der Waals surface area (Å²) in [5.41, 5.74) is 5.33. The molecule has 1 aromatic carbocycles. The van der Waals surface area contributed by atoms with Crippen molar-refractivity contribution in [1.82, 2.24) is 10.7 Å². The lowest BCUT2D eigenvalue weighted by molar-refractivity contribution is 0.521. The highest BCUT2D eigenvalue weighted by Crippen LogP contribution is 2.38. The predicted octanol–water partition coefficient (Wildman–Crippen LogP) is 3.05. The number of hydrogen-bond donors (Lipinski definition) is 2. The number of hydrogen-bond acceptors (Lipinski definition) is 3. The highest BCUT2D eigenvalue weighted by Gasteiger charge is 2.35. The van der Waals surface area contributed by atoms with Crippen molar-refractivity contribution in [2.24, 2.45) is 16.9 Å². The molecular formula is C19H24N4S. The van der Waals surface area contributed by atoms with Crippen LogP contribution in [0.3, 0.4) is 0 Å². The number of nitrogens with one attached hydrogen (secondary N) is 2. The van der Waals surface area contributed by atoms with Crippen molar-refractivity contribution in [2.75, 3.05) is 18.0 Å². The predicted molar refractivity (Wildman–Crippen MR) is 103 cm³/mol. The van der Waals surface area contributed by atoms with Crippen LogP contribution in [0.15, 0.2) is 41.5 Å². The van der Waals surface area contributed by atoms with Gasteiger partial charge in [-0.2, -0.15) is 5.10 Å². The molecule has 2 aliphatic carbocycles. The molecule has 3 unspecified atom stereocenters.